The highest BCUT2D eigenvalue weighted by molar-refractivity contribution is 5.24. The van der Waals surface area contributed by atoms with Gasteiger partial charge in [-0.05, 0) is 69.1 Å². The standard InChI is InChI=1S/C17H25N3/c18-14-2-1-3-20-10-15(19-16(14)20)17-7-11-4-12(8-17)6-13(5-11)9-17/h10-14H,1-9,18H2. The van der Waals surface area contributed by atoms with Crippen molar-refractivity contribution in [2.45, 2.75) is 69.4 Å². The van der Waals surface area contributed by atoms with Crippen LogP contribution in [0.3, 0.4) is 0 Å². The summed E-state index contributed by atoms with van der Waals surface area (Å²) in [5.41, 5.74) is 8.10. The molecular weight excluding hydrogens is 246 g/mol. The molecule has 2 N–H and O–H groups in total. The van der Waals surface area contributed by atoms with Gasteiger partial charge in [-0.25, -0.2) is 4.98 Å². The van der Waals surface area contributed by atoms with Gasteiger partial charge in [0.15, 0.2) is 0 Å². The van der Waals surface area contributed by atoms with E-state index in [0.717, 1.165) is 30.7 Å². The smallest absolute Gasteiger partial charge is 0.125 e. The van der Waals surface area contributed by atoms with Gasteiger partial charge in [0.05, 0.1) is 11.7 Å². The summed E-state index contributed by atoms with van der Waals surface area (Å²) in [5.74, 6) is 4.15. The molecule has 0 saturated heterocycles. The van der Waals surface area contributed by atoms with Gasteiger partial charge in [0, 0.05) is 18.2 Å². The van der Waals surface area contributed by atoms with Crippen LogP contribution in [0.15, 0.2) is 6.20 Å². The molecule has 4 fully saturated rings. The maximum Gasteiger partial charge on any atom is 0.125 e. The molecule has 1 atom stereocenters. The van der Waals surface area contributed by atoms with Crippen LogP contribution in [0, 0.1) is 17.8 Å². The Bertz CT molecular complexity index is 509. The van der Waals surface area contributed by atoms with E-state index in [4.69, 9.17) is 10.7 Å². The van der Waals surface area contributed by atoms with Gasteiger partial charge in [-0.2, -0.15) is 0 Å². The number of hydrogen-bond donors (Lipinski definition) is 1. The summed E-state index contributed by atoms with van der Waals surface area (Å²) >= 11 is 0. The Morgan fingerprint density at radius 1 is 1.10 bits per heavy atom. The molecule has 3 heteroatoms. The maximum atomic E-state index is 6.27. The molecule has 1 aliphatic heterocycles. The lowest BCUT2D eigenvalue weighted by atomic mass is 9.49. The summed E-state index contributed by atoms with van der Waals surface area (Å²) < 4.78 is 2.36. The highest BCUT2D eigenvalue weighted by Crippen LogP contribution is 2.60. The molecule has 4 bridgehead atoms. The van der Waals surface area contributed by atoms with Crippen molar-refractivity contribution >= 4 is 0 Å². The second kappa shape index (κ2) is 3.88. The monoisotopic (exact) mass is 271 g/mol. The first kappa shape index (κ1) is 11.8. The zero-order valence-corrected chi connectivity index (χ0v) is 12.2. The molecule has 2 heterocycles. The van der Waals surface area contributed by atoms with Gasteiger partial charge in [-0.3, -0.25) is 0 Å². The number of nitrogens with zero attached hydrogens (tertiary/aromatic N) is 2. The van der Waals surface area contributed by atoms with Crippen molar-refractivity contribution in [3.63, 3.8) is 0 Å². The molecule has 1 aromatic heterocycles. The van der Waals surface area contributed by atoms with E-state index in [0.29, 0.717) is 5.41 Å². The second-order valence-electron chi connectivity index (χ2n) is 8.12. The van der Waals surface area contributed by atoms with Crippen molar-refractivity contribution in [2.75, 3.05) is 0 Å². The Kier molecular flexibility index (Phi) is 2.29. The topological polar surface area (TPSA) is 43.8 Å². The molecule has 0 amide bonds. The van der Waals surface area contributed by atoms with Crippen molar-refractivity contribution in [2.24, 2.45) is 23.5 Å². The van der Waals surface area contributed by atoms with Crippen molar-refractivity contribution in [3.8, 4) is 0 Å². The van der Waals surface area contributed by atoms with Crippen molar-refractivity contribution < 1.29 is 0 Å². The number of imidazole rings is 1. The molecule has 108 valence electrons. The van der Waals surface area contributed by atoms with Gasteiger partial charge in [0.1, 0.15) is 5.82 Å². The van der Waals surface area contributed by atoms with Crippen LogP contribution in [0.25, 0.3) is 0 Å². The Hall–Kier alpha value is -0.830. The Balaban J connectivity index is 1.56. The lowest BCUT2D eigenvalue weighted by molar-refractivity contribution is -0.00710. The van der Waals surface area contributed by atoms with Gasteiger partial charge in [-0.15, -0.1) is 0 Å². The van der Waals surface area contributed by atoms with Crippen LogP contribution < -0.4 is 5.73 Å². The second-order valence-corrected chi connectivity index (χ2v) is 8.12. The number of nitrogens with two attached hydrogens (primary N) is 1. The van der Waals surface area contributed by atoms with Crippen LogP contribution in [0.5, 0.6) is 0 Å². The third-order valence-corrected chi connectivity index (χ3v) is 6.63. The predicted molar refractivity (Wildman–Crippen MR) is 78.2 cm³/mol. The number of aryl methyl sites for hydroxylation is 1. The van der Waals surface area contributed by atoms with E-state index in [1.807, 2.05) is 0 Å². The highest BCUT2D eigenvalue weighted by atomic mass is 15.1. The number of fused-ring (bicyclic) bond motifs is 1. The lowest BCUT2D eigenvalue weighted by Crippen LogP contribution is -2.48. The highest BCUT2D eigenvalue weighted by Gasteiger charge is 2.52. The molecule has 6 rings (SSSR count). The minimum atomic E-state index is 0.173. The average Bonchev–Trinajstić information content (AvgIpc) is 2.83. The van der Waals surface area contributed by atoms with E-state index in [-0.39, 0.29) is 6.04 Å². The summed E-state index contributed by atoms with van der Waals surface area (Å²) in [7, 11) is 0. The summed E-state index contributed by atoms with van der Waals surface area (Å²) in [5, 5.41) is 0. The van der Waals surface area contributed by atoms with Gasteiger partial charge in [-0.1, -0.05) is 0 Å². The molecule has 0 aromatic carbocycles. The average molecular weight is 271 g/mol. The molecule has 0 radical (unpaired) electrons. The van der Waals surface area contributed by atoms with Gasteiger partial charge in [0.25, 0.3) is 0 Å². The van der Waals surface area contributed by atoms with E-state index in [9.17, 15) is 0 Å². The first-order chi connectivity index (χ1) is 9.72. The quantitative estimate of drug-likeness (QED) is 0.852. The van der Waals surface area contributed by atoms with Crippen molar-refractivity contribution in [3.05, 3.63) is 17.7 Å². The fourth-order valence-corrected chi connectivity index (χ4v) is 6.20. The summed E-state index contributed by atoms with van der Waals surface area (Å²) in [6.07, 6.45) is 13.4. The Morgan fingerprint density at radius 3 is 2.35 bits per heavy atom. The molecular formula is C17H25N3. The molecule has 1 aromatic rings. The molecule has 4 saturated carbocycles. The number of aromatic nitrogens is 2. The van der Waals surface area contributed by atoms with Gasteiger partial charge < -0.3 is 10.3 Å². The van der Waals surface area contributed by atoms with E-state index < -0.39 is 0 Å². The Morgan fingerprint density at radius 2 is 1.75 bits per heavy atom. The van der Waals surface area contributed by atoms with E-state index >= 15 is 0 Å². The summed E-state index contributed by atoms with van der Waals surface area (Å²) in [6, 6.07) is 0.173. The summed E-state index contributed by atoms with van der Waals surface area (Å²) in [6.45, 7) is 1.13. The molecule has 20 heavy (non-hydrogen) atoms. The first-order valence-electron chi connectivity index (χ1n) is 8.55. The number of rotatable bonds is 1. The zero-order chi connectivity index (χ0) is 13.3. The van der Waals surface area contributed by atoms with Crippen molar-refractivity contribution in [1.29, 1.82) is 0 Å². The zero-order valence-electron chi connectivity index (χ0n) is 12.2. The molecule has 3 nitrogen and oxygen atoms in total. The molecule has 4 aliphatic carbocycles. The summed E-state index contributed by atoms with van der Waals surface area (Å²) in [4.78, 5) is 5.06. The van der Waals surface area contributed by atoms with Gasteiger partial charge >= 0.3 is 0 Å². The SMILES string of the molecule is NC1CCCn2cc(C34CC5CC(CC(C5)C3)C4)nc21. The van der Waals surface area contributed by atoms with Crippen LogP contribution in [-0.2, 0) is 12.0 Å². The number of hydrogen-bond acceptors (Lipinski definition) is 2. The van der Waals surface area contributed by atoms with E-state index in [1.54, 1.807) is 0 Å². The van der Waals surface area contributed by atoms with Crippen LogP contribution in [0.2, 0.25) is 0 Å². The minimum absolute atomic E-state index is 0.173. The first-order valence-corrected chi connectivity index (χ1v) is 8.55. The Labute approximate surface area is 120 Å². The van der Waals surface area contributed by atoms with Crippen LogP contribution in [-0.4, -0.2) is 9.55 Å². The molecule has 1 unspecified atom stereocenters. The maximum absolute atomic E-state index is 6.27. The minimum Gasteiger partial charge on any atom is -0.333 e. The molecule has 5 aliphatic rings. The lowest BCUT2D eigenvalue weighted by Gasteiger charge is -2.56. The van der Waals surface area contributed by atoms with Gasteiger partial charge in [0.2, 0.25) is 0 Å². The van der Waals surface area contributed by atoms with E-state index in [1.165, 1.54) is 56.5 Å². The third-order valence-electron chi connectivity index (χ3n) is 6.63. The fourth-order valence-electron chi connectivity index (χ4n) is 6.20. The normalized spacial score (nSPS) is 45.6. The third kappa shape index (κ3) is 1.53. The largest absolute Gasteiger partial charge is 0.333 e. The van der Waals surface area contributed by atoms with Crippen LogP contribution in [0.4, 0.5) is 0 Å². The fraction of sp³-hybridized carbons (Fsp3) is 0.824. The van der Waals surface area contributed by atoms with Crippen LogP contribution in [0.1, 0.15) is 68.9 Å². The molecule has 0 spiro atoms. The van der Waals surface area contributed by atoms with E-state index in [2.05, 4.69) is 10.8 Å². The van der Waals surface area contributed by atoms with Crippen LogP contribution >= 0.6 is 0 Å². The predicted octanol–water partition coefficient (Wildman–Crippen LogP) is 3.14. The van der Waals surface area contributed by atoms with Crippen molar-refractivity contribution in [1.82, 2.24) is 9.55 Å².